The molecule has 0 bridgehead atoms. The maximum absolute atomic E-state index is 9.38. The zero-order valence-electron chi connectivity index (χ0n) is 15.3. The first-order valence-electron chi connectivity index (χ1n) is 9.60. The van der Waals surface area contributed by atoms with Crippen molar-refractivity contribution in [3.05, 3.63) is 54.2 Å². The Morgan fingerprint density at radius 3 is 2.67 bits per heavy atom. The average Bonchev–Trinajstić information content (AvgIpc) is 3.29. The monoisotopic (exact) mass is 355 g/mol. The van der Waals surface area contributed by atoms with Crippen LogP contribution in [0.5, 0.6) is 0 Å². The molecule has 0 unspecified atom stereocenters. The highest BCUT2D eigenvalue weighted by molar-refractivity contribution is 5.92. The molecule has 134 valence electrons. The molecule has 1 aliphatic carbocycles. The first-order chi connectivity index (χ1) is 13.2. The van der Waals surface area contributed by atoms with Gasteiger partial charge in [-0.3, -0.25) is 0 Å². The van der Waals surface area contributed by atoms with Crippen LogP contribution < -0.4 is 0 Å². The molecule has 4 aromatic rings. The number of nitriles is 1. The van der Waals surface area contributed by atoms with E-state index in [1.165, 1.54) is 31.2 Å². The van der Waals surface area contributed by atoms with Gasteiger partial charge < -0.3 is 4.57 Å². The lowest BCUT2D eigenvalue weighted by Crippen LogP contribution is -2.16. The van der Waals surface area contributed by atoms with Crippen LogP contribution >= 0.6 is 0 Å². The standard InChI is InChI=1S/C22H21N5/c1-15-6-9-17(10-7-15)26-14-22(18-12-16(13-23)8-11-20(18)26)27-21-5-3-2-4-19(21)24-25-27/h2-5,8,11-12,14-15,17H,6-7,9-10H2,1H3. The molecule has 0 radical (unpaired) electrons. The molecular formula is C22H21N5. The van der Waals surface area contributed by atoms with Crippen molar-refractivity contribution in [3.8, 4) is 11.8 Å². The molecule has 0 atom stereocenters. The first kappa shape index (κ1) is 16.1. The van der Waals surface area contributed by atoms with Crippen LogP contribution in [0.25, 0.3) is 27.6 Å². The smallest absolute Gasteiger partial charge is 0.113 e. The van der Waals surface area contributed by atoms with Gasteiger partial charge in [-0.2, -0.15) is 5.26 Å². The van der Waals surface area contributed by atoms with Crippen LogP contribution in [-0.4, -0.2) is 19.6 Å². The Bertz CT molecular complexity index is 1170. The number of hydrogen-bond acceptors (Lipinski definition) is 3. The summed E-state index contributed by atoms with van der Waals surface area (Å²) in [4.78, 5) is 0. The minimum absolute atomic E-state index is 0.500. The van der Waals surface area contributed by atoms with E-state index >= 15 is 0 Å². The lowest BCUT2D eigenvalue weighted by Gasteiger charge is -2.28. The minimum atomic E-state index is 0.500. The van der Waals surface area contributed by atoms with E-state index in [2.05, 4.69) is 40.1 Å². The van der Waals surface area contributed by atoms with Crippen molar-refractivity contribution in [1.82, 2.24) is 19.6 Å². The molecule has 1 aliphatic rings. The molecule has 0 N–H and O–H groups in total. The van der Waals surface area contributed by atoms with Crippen molar-refractivity contribution in [3.63, 3.8) is 0 Å². The SMILES string of the molecule is CC1CCC(n2cc(-n3nnc4ccccc43)c3cc(C#N)ccc32)CC1. The molecule has 1 saturated carbocycles. The Morgan fingerprint density at radius 1 is 1.04 bits per heavy atom. The number of hydrogen-bond donors (Lipinski definition) is 0. The maximum atomic E-state index is 9.38. The van der Waals surface area contributed by atoms with Crippen molar-refractivity contribution >= 4 is 21.9 Å². The van der Waals surface area contributed by atoms with Crippen LogP contribution in [0.2, 0.25) is 0 Å². The van der Waals surface area contributed by atoms with Gasteiger partial charge in [0.2, 0.25) is 0 Å². The Morgan fingerprint density at radius 2 is 1.85 bits per heavy atom. The van der Waals surface area contributed by atoms with E-state index in [1.54, 1.807) is 0 Å². The van der Waals surface area contributed by atoms with Gasteiger partial charge in [-0.1, -0.05) is 24.3 Å². The van der Waals surface area contributed by atoms with Crippen LogP contribution in [0, 0.1) is 17.2 Å². The average molecular weight is 355 g/mol. The topological polar surface area (TPSA) is 59.4 Å². The number of nitrogens with zero attached hydrogens (tertiary/aromatic N) is 5. The summed E-state index contributed by atoms with van der Waals surface area (Å²) in [6.07, 6.45) is 7.13. The zero-order valence-corrected chi connectivity index (χ0v) is 15.3. The van der Waals surface area contributed by atoms with Crippen LogP contribution in [0.4, 0.5) is 0 Å². The highest BCUT2D eigenvalue weighted by atomic mass is 15.4. The van der Waals surface area contributed by atoms with E-state index in [0.29, 0.717) is 11.6 Å². The third-order valence-electron chi connectivity index (χ3n) is 5.90. The largest absolute Gasteiger partial charge is 0.342 e. The molecule has 5 heteroatoms. The van der Waals surface area contributed by atoms with Gasteiger partial charge in [-0.15, -0.1) is 5.10 Å². The maximum Gasteiger partial charge on any atom is 0.113 e. The summed E-state index contributed by atoms with van der Waals surface area (Å²) in [5.41, 5.74) is 4.69. The molecular weight excluding hydrogens is 334 g/mol. The van der Waals surface area contributed by atoms with Gasteiger partial charge in [-0.05, 0) is 61.9 Å². The Labute approximate surface area is 157 Å². The fraction of sp³-hybridized carbons (Fsp3) is 0.318. The Hall–Kier alpha value is -3.13. The van der Waals surface area contributed by atoms with E-state index < -0.39 is 0 Å². The summed E-state index contributed by atoms with van der Waals surface area (Å²) in [6.45, 7) is 2.34. The van der Waals surface area contributed by atoms with Gasteiger partial charge in [0.05, 0.1) is 28.4 Å². The second-order valence-electron chi connectivity index (χ2n) is 7.67. The summed E-state index contributed by atoms with van der Waals surface area (Å²) in [5, 5.41) is 19.2. The van der Waals surface area contributed by atoms with E-state index in [-0.39, 0.29) is 0 Å². The van der Waals surface area contributed by atoms with Gasteiger partial charge in [-0.25, -0.2) is 4.68 Å². The quantitative estimate of drug-likeness (QED) is 0.508. The Balaban J connectivity index is 1.73. The van der Waals surface area contributed by atoms with Crippen molar-refractivity contribution in [2.24, 2.45) is 5.92 Å². The lowest BCUT2D eigenvalue weighted by molar-refractivity contribution is 0.294. The first-order valence-corrected chi connectivity index (χ1v) is 9.60. The van der Waals surface area contributed by atoms with Crippen LogP contribution in [0.3, 0.4) is 0 Å². The predicted octanol–water partition coefficient (Wildman–Crippen LogP) is 5.00. The molecule has 0 spiro atoms. The van der Waals surface area contributed by atoms with Crippen molar-refractivity contribution in [2.75, 3.05) is 0 Å². The number of para-hydroxylation sites is 1. The molecule has 2 aromatic heterocycles. The predicted molar refractivity (Wildman–Crippen MR) is 106 cm³/mol. The minimum Gasteiger partial charge on any atom is -0.342 e. The molecule has 2 heterocycles. The fourth-order valence-corrected chi connectivity index (χ4v) is 4.35. The second-order valence-corrected chi connectivity index (χ2v) is 7.67. The fourth-order valence-electron chi connectivity index (χ4n) is 4.35. The van der Waals surface area contributed by atoms with Gasteiger partial charge >= 0.3 is 0 Å². The van der Waals surface area contributed by atoms with E-state index in [1.807, 2.05) is 41.1 Å². The molecule has 0 amide bonds. The second kappa shape index (κ2) is 6.24. The van der Waals surface area contributed by atoms with Gasteiger partial charge in [0.1, 0.15) is 5.52 Å². The van der Waals surface area contributed by atoms with E-state index in [9.17, 15) is 5.26 Å². The molecule has 0 aliphatic heterocycles. The third kappa shape index (κ3) is 2.60. The molecule has 5 nitrogen and oxygen atoms in total. The number of benzene rings is 2. The van der Waals surface area contributed by atoms with E-state index in [4.69, 9.17) is 0 Å². The highest BCUT2D eigenvalue weighted by Gasteiger charge is 2.23. The van der Waals surface area contributed by atoms with Crippen molar-refractivity contribution in [1.29, 1.82) is 5.26 Å². The normalized spacial score (nSPS) is 20.1. The third-order valence-corrected chi connectivity index (χ3v) is 5.90. The summed E-state index contributed by atoms with van der Waals surface area (Å²) in [6, 6.07) is 16.7. The number of aromatic nitrogens is 4. The number of rotatable bonds is 2. The molecule has 1 fully saturated rings. The lowest BCUT2D eigenvalue weighted by atomic mass is 9.87. The number of fused-ring (bicyclic) bond motifs is 2. The van der Waals surface area contributed by atoms with E-state index in [0.717, 1.165) is 28.0 Å². The zero-order chi connectivity index (χ0) is 18.4. The summed E-state index contributed by atoms with van der Waals surface area (Å²) >= 11 is 0. The van der Waals surface area contributed by atoms with Crippen LogP contribution in [-0.2, 0) is 0 Å². The van der Waals surface area contributed by atoms with Gasteiger partial charge in [0, 0.05) is 17.6 Å². The van der Waals surface area contributed by atoms with Crippen LogP contribution in [0.1, 0.15) is 44.2 Å². The molecule has 2 aromatic carbocycles. The van der Waals surface area contributed by atoms with Crippen molar-refractivity contribution in [2.45, 2.75) is 38.6 Å². The van der Waals surface area contributed by atoms with Crippen LogP contribution in [0.15, 0.2) is 48.7 Å². The van der Waals surface area contributed by atoms with Gasteiger partial charge in [0.25, 0.3) is 0 Å². The molecule has 27 heavy (non-hydrogen) atoms. The Kier molecular flexibility index (Phi) is 3.71. The van der Waals surface area contributed by atoms with Crippen molar-refractivity contribution < 1.29 is 0 Å². The summed E-state index contributed by atoms with van der Waals surface area (Å²) < 4.78 is 4.30. The van der Waals surface area contributed by atoms with Gasteiger partial charge in [0.15, 0.2) is 0 Å². The summed E-state index contributed by atoms with van der Waals surface area (Å²) in [7, 11) is 0. The molecule has 0 saturated heterocycles. The molecule has 5 rings (SSSR count). The summed E-state index contributed by atoms with van der Waals surface area (Å²) in [5.74, 6) is 0.812. The highest BCUT2D eigenvalue weighted by Crippen LogP contribution is 2.37.